The lowest BCUT2D eigenvalue weighted by Gasteiger charge is -2.18. The molecule has 20 heavy (non-hydrogen) atoms. The summed E-state index contributed by atoms with van der Waals surface area (Å²) >= 11 is 1.79. The van der Waals surface area contributed by atoms with Crippen molar-refractivity contribution in [3.8, 4) is 0 Å². The summed E-state index contributed by atoms with van der Waals surface area (Å²) in [6.45, 7) is 0. The first-order chi connectivity index (χ1) is 9.79. The van der Waals surface area contributed by atoms with Crippen molar-refractivity contribution in [2.45, 2.75) is 18.9 Å². The van der Waals surface area contributed by atoms with Gasteiger partial charge in [0.05, 0.1) is 11.6 Å². The Morgan fingerprint density at radius 2 is 2.25 bits per heavy atom. The molecule has 2 N–H and O–H groups in total. The lowest BCUT2D eigenvalue weighted by atomic mass is 10.1. The van der Waals surface area contributed by atoms with Gasteiger partial charge < -0.3 is 9.73 Å². The summed E-state index contributed by atoms with van der Waals surface area (Å²) in [7, 11) is 0. The SMILES string of the molecule is O=c1[nH]c2cc(NC(c3cccs3)C3CC3)ccc2o1. The molecule has 1 saturated carbocycles. The number of hydrogen-bond acceptors (Lipinski definition) is 4. The highest BCUT2D eigenvalue weighted by Gasteiger charge is 2.32. The number of aromatic amines is 1. The number of anilines is 1. The summed E-state index contributed by atoms with van der Waals surface area (Å²) < 4.78 is 5.02. The minimum absolute atomic E-state index is 0.367. The average Bonchev–Trinajstić information content (AvgIpc) is 2.98. The third-order valence-corrected chi connectivity index (χ3v) is 4.64. The molecule has 102 valence electrons. The van der Waals surface area contributed by atoms with E-state index in [0.29, 0.717) is 17.5 Å². The van der Waals surface area contributed by atoms with Crippen LogP contribution >= 0.6 is 11.3 Å². The van der Waals surface area contributed by atoms with Crippen molar-refractivity contribution < 1.29 is 4.42 Å². The van der Waals surface area contributed by atoms with Crippen molar-refractivity contribution in [3.05, 3.63) is 51.1 Å². The van der Waals surface area contributed by atoms with Crippen LogP contribution in [0.25, 0.3) is 11.1 Å². The second-order valence-corrected chi connectivity index (χ2v) is 6.18. The molecule has 0 radical (unpaired) electrons. The summed E-state index contributed by atoms with van der Waals surface area (Å²) in [5.41, 5.74) is 2.35. The van der Waals surface area contributed by atoms with Gasteiger partial charge in [0.15, 0.2) is 5.58 Å². The number of thiophene rings is 1. The number of aromatic nitrogens is 1. The first-order valence-corrected chi connectivity index (χ1v) is 7.60. The quantitative estimate of drug-likeness (QED) is 0.768. The summed E-state index contributed by atoms with van der Waals surface area (Å²) in [6.07, 6.45) is 2.56. The van der Waals surface area contributed by atoms with Crippen molar-refractivity contribution in [2.24, 2.45) is 5.92 Å². The summed E-state index contributed by atoms with van der Waals surface area (Å²) in [5.74, 6) is 0.307. The highest BCUT2D eigenvalue weighted by Crippen LogP contribution is 2.44. The van der Waals surface area contributed by atoms with Gasteiger partial charge in [0.1, 0.15) is 0 Å². The van der Waals surface area contributed by atoms with Crippen LogP contribution in [0.2, 0.25) is 0 Å². The summed E-state index contributed by atoms with van der Waals surface area (Å²) in [6, 6.07) is 10.4. The van der Waals surface area contributed by atoms with Crippen LogP contribution in [0, 0.1) is 5.92 Å². The molecule has 2 heterocycles. The zero-order valence-corrected chi connectivity index (χ0v) is 11.6. The Bertz CT molecular complexity index is 784. The monoisotopic (exact) mass is 286 g/mol. The lowest BCUT2D eigenvalue weighted by molar-refractivity contribution is 0.555. The van der Waals surface area contributed by atoms with E-state index in [-0.39, 0.29) is 0 Å². The van der Waals surface area contributed by atoms with Crippen molar-refractivity contribution >= 4 is 28.1 Å². The molecule has 1 unspecified atom stereocenters. The lowest BCUT2D eigenvalue weighted by Crippen LogP contribution is -2.11. The van der Waals surface area contributed by atoms with E-state index in [0.717, 1.165) is 11.2 Å². The largest absolute Gasteiger partial charge is 0.417 e. The molecule has 0 amide bonds. The first kappa shape index (κ1) is 11.8. The first-order valence-electron chi connectivity index (χ1n) is 6.72. The highest BCUT2D eigenvalue weighted by molar-refractivity contribution is 7.10. The Kier molecular flexibility index (Phi) is 2.67. The molecule has 1 atom stereocenters. The molecule has 0 bridgehead atoms. The number of oxazole rings is 1. The van der Waals surface area contributed by atoms with Gasteiger partial charge in [0.25, 0.3) is 0 Å². The number of benzene rings is 1. The van der Waals surface area contributed by atoms with Gasteiger partial charge in [-0.25, -0.2) is 4.79 Å². The maximum absolute atomic E-state index is 11.2. The van der Waals surface area contributed by atoms with Crippen LogP contribution in [-0.2, 0) is 0 Å². The molecule has 3 aromatic rings. The van der Waals surface area contributed by atoms with Crippen LogP contribution in [0.5, 0.6) is 0 Å². The number of nitrogens with one attached hydrogen (secondary N) is 2. The smallest absolute Gasteiger partial charge is 0.408 e. The van der Waals surface area contributed by atoms with E-state index < -0.39 is 5.76 Å². The molecule has 4 rings (SSSR count). The average molecular weight is 286 g/mol. The van der Waals surface area contributed by atoms with Crippen molar-refractivity contribution in [3.63, 3.8) is 0 Å². The standard InChI is InChI=1S/C15H14N2O2S/c18-15-17-11-8-10(5-6-12(11)19-15)16-14(9-3-4-9)13-2-1-7-20-13/h1-2,5-9,14,16H,3-4H2,(H,17,18). The second-order valence-electron chi connectivity index (χ2n) is 5.20. The Labute approximate surface area is 119 Å². The molecule has 1 aliphatic rings. The molecule has 0 saturated heterocycles. The fraction of sp³-hybridized carbons (Fsp3) is 0.267. The van der Waals surface area contributed by atoms with E-state index in [1.54, 1.807) is 11.3 Å². The van der Waals surface area contributed by atoms with E-state index in [1.807, 2.05) is 18.2 Å². The fourth-order valence-corrected chi connectivity index (χ4v) is 3.41. The maximum atomic E-state index is 11.2. The zero-order chi connectivity index (χ0) is 13.5. The van der Waals surface area contributed by atoms with Gasteiger partial charge in [-0.05, 0) is 48.4 Å². The van der Waals surface area contributed by atoms with E-state index >= 15 is 0 Å². The number of rotatable bonds is 4. The van der Waals surface area contributed by atoms with E-state index in [4.69, 9.17) is 4.42 Å². The molecular formula is C15H14N2O2S. The molecule has 1 aromatic carbocycles. The predicted octanol–water partition coefficient (Wildman–Crippen LogP) is 3.75. The number of H-pyrrole nitrogens is 1. The van der Waals surface area contributed by atoms with E-state index in [1.165, 1.54) is 17.7 Å². The van der Waals surface area contributed by atoms with Crippen molar-refractivity contribution in [1.82, 2.24) is 4.98 Å². The van der Waals surface area contributed by atoms with Crippen LogP contribution in [0.15, 0.2) is 44.9 Å². The molecule has 1 aliphatic carbocycles. The van der Waals surface area contributed by atoms with Crippen LogP contribution < -0.4 is 11.1 Å². The zero-order valence-electron chi connectivity index (χ0n) is 10.8. The molecule has 0 spiro atoms. The van der Waals surface area contributed by atoms with Crippen LogP contribution in [0.4, 0.5) is 5.69 Å². The third-order valence-electron chi connectivity index (χ3n) is 3.68. The minimum Gasteiger partial charge on any atom is -0.408 e. The fourth-order valence-electron chi connectivity index (χ4n) is 2.54. The third kappa shape index (κ3) is 2.14. The van der Waals surface area contributed by atoms with Gasteiger partial charge in [-0.3, -0.25) is 4.98 Å². The van der Waals surface area contributed by atoms with E-state index in [2.05, 4.69) is 27.8 Å². The summed E-state index contributed by atoms with van der Waals surface area (Å²) in [5, 5.41) is 5.71. The Morgan fingerprint density at radius 1 is 1.35 bits per heavy atom. The predicted molar refractivity (Wildman–Crippen MR) is 80.2 cm³/mol. The van der Waals surface area contributed by atoms with Gasteiger partial charge in [-0.2, -0.15) is 0 Å². The van der Waals surface area contributed by atoms with Crippen LogP contribution in [-0.4, -0.2) is 4.98 Å². The van der Waals surface area contributed by atoms with Gasteiger partial charge in [0.2, 0.25) is 0 Å². The van der Waals surface area contributed by atoms with Gasteiger partial charge in [0, 0.05) is 10.6 Å². The molecule has 5 heteroatoms. The Morgan fingerprint density at radius 3 is 3.00 bits per heavy atom. The molecular weight excluding hydrogens is 272 g/mol. The summed E-state index contributed by atoms with van der Waals surface area (Å²) in [4.78, 5) is 15.2. The minimum atomic E-state index is -0.408. The number of fused-ring (bicyclic) bond motifs is 1. The molecule has 1 fully saturated rings. The molecule has 0 aliphatic heterocycles. The van der Waals surface area contributed by atoms with Crippen LogP contribution in [0.1, 0.15) is 23.8 Å². The van der Waals surface area contributed by atoms with Crippen LogP contribution in [0.3, 0.4) is 0 Å². The maximum Gasteiger partial charge on any atom is 0.417 e. The van der Waals surface area contributed by atoms with Crippen molar-refractivity contribution in [1.29, 1.82) is 0 Å². The molecule has 2 aromatic heterocycles. The van der Waals surface area contributed by atoms with Gasteiger partial charge in [-0.1, -0.05) is 6.07 Å². The van der Waals surface area contributed by atoms with Crippen molar-refractivity contribution in [2.75, 3.05) is 5.32 Å². The Hall–Kier alpha value is -2.01. The number of hydrogen-bond donors (Lipinski definition) is 2. The second kappa shape index (κ2) is 4.52. The topological polar surface area (TPSA) is 58.0 Å². The van der Waals surface area contributed by atoms with E-state index in [9.17, 15) is 4.79 Å². The van der Waals surface area contributed by atoms with Gasteiger partial charge >= 0.3 is 5.76 Å². The Balaban J connectivity index is 1.66. The highest BCUT2D eigenvalue weighted by atomic mass is 32.1. The molecule has 4 nitrogen and oxygen atoms in total. The van der Waals surface area contributed by atoms with Gasteiger partial charge in [-0.15, -0.1) is 11.3 Å². The normalized spacial score (nSPS) is 16.4.